The number of hydrogen-bond donors (Lipinski definition) is 1. The molecule has 3 nitrogen and oxygen atoms in total. The Balaban J connectivity index is 2.31. The normalized spacial score (nSPS) is 10.3. The van der Waals surface area contributed by atoms with Gasteiger partial charge in [-0.05, 0) is 31.5 Å². The highest BCUT2D eigenvalue weighted by Gasteiger charge is 2.05. The third-order valence-electron chi connectivity index (χ3n) is 2.47. The molecule has 1 aromatic heterocycles. The second-order valence-corrected chi connectivity index (χ2v) is 3.84. The largest absolute Gasteiger partial charge is 0.439 e. The van der Waals surface area contributed by atoms with E-state index in [9.17, 15) is 4.39 Å². The molecule has 0 radical (unpaired) electrons. The molecule has 0 aliphatic heterocycles. The first-order valence-electron chi connectivity index (χ1n) is 5.23. The molecule has 0 bridgehead atoms. The zero-order valence-electron chi connectivity index (χ0n) is 9.70. The van der Waals surface area contributed by atoms with E-state index in [0.717, 1.165) is 5.56 Å². The van der Waals surface area contributed by atoms with E-state index in [1.54, 1.807) is 25.1 Å². The second kappa shape index (κ2) is 4.41. The number of ether oxygens (including phenoxy) is 1. The summed E-state index contributed by atoms with van der Waals surface area (Å²) in [5.74, 6) is 0.532. The average Bonchev–Trinajstić information content (AvgIpc) is 2.29. The summed E-state index contributed by atoms with van der Waals surface area (Å²) >= 11 is 0. The van der Waals surface area contributed by atoms with Gasteiger partial charge in [0.25, 0.3) is 0 Å². The van der Waals surface area contributed by atoms with Crippen LogP contribution in [0.5, 0.6) is 11.6 Å². The molecule has 2 rings (SSSR count). The van der Waals surface area contributed by atoms with Crippen LogP contribution in [0.1, 0.15) is 11.3 Å². The fourth-order valence-electron chi connectivity index (χ4n) is 1.40. The van der Waals surface area contributed by atoms with Gasteiger partial charge in [0.2, 0.25) is 5.88 Å². The van der Waals surface area contributed by atoms with Gasteiger partial charge in [0.05, 0.1) is 11.4 Å². The lowest BCUT2D eigenvalue weighted by atomic mass is 10.2. The second-order valence-electron chi connectivity index (χ2n) is 3.84. The standard InChI is InChI=1S/C13H13FN2O/c1-8-3-4-10(14)7-12(8)17-13-6-5-11(15)9(2)16-13/h3-7H,15H2,1-2H3. The topological polar surface area (TPSA) is 48.1 Å². The highest BCUT2D eigenvalue weighted by Crippen LogP contribution is 2.25. The number of anilines is 1. The first-order chi connectivity index (χ1) is 8.06. The fourth-order valence-corrected chi connectivity index (χ4v) is 1.40. The number of pyridine rings is 1. The number of hydrogen-bond acceptors (Lipinski definition) is 3. The number of aryl methyl sites for hydroxylation is 2. The van der Waals surface area contributed by atoms with Gasteiger partial charge in [0.1, 0.15) is 11.6 Å². The molecule has 88 valence electrons. The molecular weight excluding hydrogens is 219 g/mol. The molecule has 0 saturated carbocycles. The van der Waals surface area contributed by atoms with E-state index in [2.05, 4.69) is 4.98 Å². The zero-order chi connectivity index (χ0) is 12.4. The Hall–Kier alpha value is -2.10. The molecule has 0 amide bonds. The van der Waals surface area contributed by atoms with Gasteiger partial charge in [-0.1, -0.05) is 6.07 Å². The van der Waals surface area contributed by atoms with Gasteiger partial charge in [-0.3, -0.25) is 0 Å². The molecule has 0 aliphatic rings. The summed E-state index contributed by atoms with van der Waals surface area (Å²) in [6.45, 7) is 3.64. The Morgan fingerprint density at radius 2 is 1.94 bits per heavy atom. The van der Waals surface area contributed by atoms with Crippen LogP contribution in [0.25, 0.3) is 0 Å². The van der Waals surface area contributed by atoms with Gasteiger partial charge in [-0.25, -0.2) is 9.37 Å². The van der Waals surface area contributed by atoms with Crippen molar-refractivity contribution in [3.05, 3.63) is 47.4 Å². The number of aromatic nitrogens is 1. The summed E-state index contributed by atoms with van der Waals surface area (Å²) in [5, 5.41) is 0. The summed E-state index contributed by atoms with van der Waals surface area (Å²) < 4.78 is 18.6. The molecule has 1 aromatic carbocycles. The van der Waals surface area contributed by atoms with Gasteiger partial charge < -0.3 is 10.5 Å². The number of nitrogens with two attached hydrogens (primary N) is 1. The summed E-state index contributed by atoms with van der Waals surface area (Å²) in [4.78, 5) is 4.17. The third-order valence-corrected chi connectivity index (χ3v) is 2.47. The Morgan fingerprint density at radius 3 is 2.65 bits per heavy atom. The van der Waals surface area contributed by atoms with Crippen LogP contribution in [0.2, 0.25) is 0 Å². The number of benzene rings is 1. The van der Waals surface area contributed by atoms with Gasteiger partial charge >= 0.3 is 0 Å². The maximum atomic E-state index is 13.1. The van der Waals surface area contributed by atoms with Crippen LogP contribution in [0.3, 0.4) is 0 Å². The Morgan fingerprint density at radius 1 is 1.18 bits per heavy atom. The molecule has 1 heterocycles. The zero-order valence-corrected chi connectivity index (χ0v) is 9.70. The molecule has 4 heteroatoms. The molecule has 0 saturated heterocycles. The predicted octanol–water partition coefficient (Wildman–Crippen LogP) is 3.21. The highest BCUT2D eigenvalue weighted by molar-refractivity contribution is 5.44. The van der Waals surface area contributed by atoms with Crippen LogP contribution in [0.4, 0.5) is 10.1 Å². The number of rotatable bonds is 2. The lowest BCUT2D eigenvalue weighted by Crippen LogP contribution is -1.96. The summed E-state index contributed by atoms with van der Waals surface area (Å²) in [6.07, 6.45) is 0. The molecular formula is C13H13FN2O. The Kier molecular flexibility index (Phi) is 2.95. The summed E-state index contributed by atoms with van der Waals surface area (Å²) in [6, 6.07) is 7.76. The van der Waals surface area contributed by atoms with Gasteiger partial charge in [-0.2, -0.15) is 0 Å². The quantitative estimate of drug-likeness (QED) is 0.864. The monoisotopic (exact) mass is 232 g/mol. The number of nitrogen functional groups attached to an aromatic ring is 1. The van der Waals surface area contributed by atoms with Crippen LogP contribution < -0.4 is 10.5 Å². The van der Waals surface area contributed by atoms with E-state index in [0.29, 0.717) is 23.0 Å². The van der Waals surface area contributed by atoms with Crippen molar-refractivity contribution < 1.29 is 9.13 Å². The van der Waals surface area contributed by atoms with E-state index in [-0.39, 0.29) is 5.82 Å². The SMILES string of the molecule is Cc1ccc(F)cc1Oc1ccc(N)c(C)n1. The molecule has 2 N–H and O–H groups in total. The summed E-state index contributed by atoms with van der Waals surface area (Å²) in [7, 11) is 0. The maximum absolute atomic E-state index is 13.1. The fraction of sp³-hybridized carbons (Fsp3) is 0.154. The Bertz CT molecular complexity index is 555. The van der Waals surface area contributed by atoms with E-state index < -0.39 is 0 Å². The smallest absolute Gasteiger partial charge is 0.219 e. The number of halogens is 1. The number of nitrogens with zero attached hydrogens (tertiary/aromatic N) is 1. The summed E-state index contributed by atoms with van der Waals surface area (Å²) in [5.41, 5.74) is 7.80. The van der Waals surface area contributed by atoms with Crippen molar-refractivity contribution in [3.8, 4) is 11.6 Å². The van der Waals surface area contributed by atoms with Crippen molar-refractivity contribution in [2.24, 2.45) is 0 Å². The van der Waals surface area contributed by atoms with E-state index in [1.165, 1.54) is 12.1 Å². The Labute approximate surface area is 99.1 Å². The third kappa shape index (κ3) is 2.53. The molecule has 0 atom stereocenters. The van der Waals surface area contributed by atoms with Crippen LogP contribution in [-0.2, 0) is 0 Å². The van der Waals surface area contributed by atoms with E-state index >= 15 is 0 Å². The van der Waals surface area contributed by atoms with Crippen molar-refractivity contribution in [1.82, 2.24) is 4.98 Å². The van der Waals surface area contributed by atoms with E-state index in [1.807, 2.05) is 6.92 Å². The molecule has 0 spiro atoms. The first kappa shape index (κ1) is 11.4. The van der Waals surface area contributed by atoms with Gasteiger partial charge in [-0.15, -0.1) is 0 Å². The van der Waals surface area contributed by atoms with Crippen molar-refractivity contribution in [2.45, 2.75) is 13.8 Å². The van der Waals surface area contributed by atoms with Gasteiger partial charge in [0.15, 0.2) is 0 Å². The van der Waals surface area contributed by atoms with Crippen LogP contribution in [0.15, 0.2) is 30.3 Å². The lowest BCUT2D eigenvalue weighted by molar-refractivity contribution is 0.453. The molecule has 17 heavy (non-hydrogen) atoms. The minimum absolute atomic E-state index is 0.335. The van der Waals surface area contributed by atoms with Gasteiger partial charge in [0, 0.05) is 12.1 Å². The van der Waals surface area contributed by atoms with Crippen LogP contribution in [-0.4, -0.2) is 4.98 Å². The van der Waals surface area contributed by atoms with Crippen LogP contribution >= 0.6 is 0 Å². The predicted molar refractivity (Wildman–Crippen MR) is 64.6 cm³/mol. The van der Waals surface area contributed by atoms with Crippen molar-refractivity contribution in [2.75, 3.05) is 5.73 Å². The van der Waals surface area contributed by atoms with Crippen molar-refractivity contribution in [1.29, 1.82) is 0 Å². The first-order valence-corrected chi connectivity index (χ1v) is 5.23. The lowest BCUT2D eigenvalue weighted by Gasteiger charge is -2.09. The minimum atomic E-state index is -0.335. The van der Waals surface area contributed by atoms with Crippen LogP contribution in [0, 0.1) is 19.7 Å². The highest BCUT2D eigenvalue weighted by atomic mass is 19.1. The van der Waals surface area contributed by atoms with Crippen molar-refractivity contribution in [3.63, 3.8) is 0 Å². The average molecular weight is 232 g/mol. The molecule has 0 aliphatic carbocycles. The molecule has 2 aromatic rings. The minimum Gasteiger partial charge on any atom is -0.439 e. The molecule has 0 fully saturated rings. The molecule has 0 unspecified atom stereocenters. The maximum Gasteiger partial charge on any atom is 0.219 e. The van der Waals surface area contributed by atoms with E-state index in [4.69, 9.17) is 10.5 Å². The van der Waals surface area contributed by atoms with Crippen molar-refractivity contribution >= 4 is 5.69 Å².